The Labute approximate surface area is 125 Å². The lowest BCUT2D eigenvalue weighted by Crippen LogP contribution is -2.50. The molecule has 0 aromatic carbocycles. The van der Waals surface area contributed by atoms with Crippen molar-refractivity contribution in [3.63, 3.8) is 0 Å². The molecule has 3 aliphatic rings. The van der Waals surface area contributed by atoms with Crippen LogP contribution in [-0.2, 0) is 0 Å². The molecule has 0 spiro atoms. The van der Waals surface area contributed by atoms with E-state index in [2.05, 4.69) is 36.0 Å². The highest BCUT2D eigenvalue weighted by Gasteiger charge is 2.37. The zero-order valence-electron chi connectivity index (χ0n) is 13.6. The molecule has 0 aromatic heterocycles. The minimum absolute atomic E-state index is 0.716. The Morgan fingerprint density at radius 2 is 1.65 bits per heavy atom. The van der Waals surface area contributed by atoms with Gasteiger partial charge in [-0.25, -0.2) is 0 Å². The SMILES string of the molecule is CC(C)N1CCCC(N(C)C2CC3CCC(C2)N3)CC1. The van der Waals surface area contributed by atoms with E-state index < -0.39 is 0 Å². The third-order valence-electron chi connectivity index (χ3n) is 6.06. The molecule has 0 aromatic rings. The van der Waals surface area contributed by atoms with Crippen molar-refractivity contribution in [2.45, 2.75) is 89.0 Å². The quantitative estimate of drug-likeness (QED) is 0.856. The second-order valence-corrected chi connectivity index (χ2v) is 7.64. The van der Waals surface area contributed by atoms with Crippen LogP contribution in [0.1, 0.15) is 58.8 Å². The molecule has 3 heteroatoms. The van der Waals surface area contributed by atoms with Gasteiger partial charge in [-0.15, -0.1) is 0 Å². The van der Waals surface area contributed by atoms with Crippen LogP contribution in [-0.4, -0.2) is 60.1 Å². The first-order valence-electron chi connectivity index (χ1n) is 8.85. The van der Waals surface area contributed by atoms with Crippen molar-refractivity contribution >= 4 is 0 Å². The van der Waals surface area contributed by atoms with Crippen molar-refractivity contribution in [2.75, 3.05) is 20.1 Å². The van der Waals surface area contributed by atoms with Crippen molar-refractivity contribution in [3.05, 3.63) is 0 Å². The number of nitrogens with zero attached hydrogens (tertiary/aromatic N) is 2. The molecule has 0 aliphatic carbocycles. The molecule has 20 heavy (non-hydrogen) atoms. The van der Waals surface area contributed by atoms with E-state index in [4.69, 9.17) is 0 Å². The largest absolute Gasteiger partial charge is 0.311 e. The molecule has 3 unspecified atom stereocenters. The van der Waals surface area contributed by atoms with Crippen molar-refractivity contribution in [1.29, 1.82) is 0 Å². The van der Waals surface area contributed by atoms with Crippen molar-refractivity contribution in [3.8, 4) is 0 Å². The first-order chi connectivity index (χ1) is 9.63. The van der Waals surface area contributed by atoms with Gasteiger partial charge in [0.1, 0.15) is 0 Å². The van der Waals surface area contributed by atoms with Crippen LogP contribution >= 0.6 is 0 Å². The zero-order chi connectivity index (χ0) is 14.1. The predicted molar refractivity (Wildman–Crippen MR) is 85.1 cm³/mol. The summed E-state index contributed by atoms with van der Waals surface area (Å²) in [7, 11) is 2.41. The summed E-state index contributed by atoms with van der Waals surface area (Å²) < 4.78 is 0. The van der Waals surface area contributed by atoms with E-state index in [1.165, 1.54) is 58.0 Å². The summed E-state index contributed by atoms with van der Waals surface area (Å²) in [5.41, 5.74) is 0. The molecule has 3 heterocycles. The van der Waals surface area contributed by atoms with Gasteiger partial charge >= 0.3 is 0 Å². The average Bonchev–Trinajstić information content (AvgIpc) is 2.67. The fourth-order valence-corrected chi connectivity index (χ4v) is 4.68. The maximum Gasteiger partial charge on any atom is 0.0125 e. The number of hydrogen-bond acceptors (Lipinski definition) is 3. The number of piperidine rings is 1. The lowest BCUT2D eigenvalue weighted by Gasteiger charge is -2.40. The second kappa shape index (κ2) is 6.33. The van der Waals surface area contributed by atoms with Crippen LogP contribution in [0, 0.1) is 0 Å². The van der Waals surface area contributed by atoms with Gasteiger partial charge in [0.2, 0.25) is 0 Å². The molecule has 1 N–H and O–H groups in total. The lowest BCUT2D eigenvalue weighted by molar-refractivity contribution is 0.113. The molecular weight excluding hydrogens is 246 g/mol. The highest BCUT2D eigenvalue weighted by atomic mass is 15.2. The topological polar surface area (TPSA) is 18.5 Å². The minimum Gasteiger partial charge on any atom is -0.311 e. The third-order valence-corrected chi connectivity index (χ3v) is 6.06. The van der Waals surface area contributed by atoms with Crippen molar-refractivity contribution < 1.29 is 0 Å². The van der Waals surface area contributed by atoms with Crippen LogP contribution in [0.15, 0.2) is 0 Å². The summed E-state index contributed by atoms with van der Waals surface area (Å²) in [5.74, 6) is 0. The van der Waals surface area contributed by atoms with E-state index in [0.717, 1.165) is 24.2 Å². The summed E-state index contributed by atoms with van der Waals surface area (Å²) >= 11 is 0. The van der Waals surface area contributed by atoms with Crippen LogP contribution < -0.4 is 5.32 Å². The number of nitrogens with one attached hydrogen (secondary N) is 1. The Morgan fingerprint density at radius 3 is 2.30 bits per heavy atom. The molecule has 3 aliphatic heterocycles. The van der Waals surface area contributed by atoms with E-state index >= 15 is 0 Å². The fourth-order valence-electron chi connectivity index (χ4n) is 4.68. The molecule has 116 valence electrons. The third kappa shape index (κ3) is 3.20. The number of fused-ring (bicyclic) bond motifs is 2. The molecule has 0 radical (unpaired) electrons. The van der Waals surface area contributed by atoms with Gasteiger partial charge in [0.25, 0.3) is 0 Å². The van der Waals surface area contributed by atoms with Crippen LogP contribution in [0.25, 0.3) is 0 Å². The minimum atomic E-state index is 0.716. The van der Waals surface area contributed by atoms with Gasteiger partial charge < -0.3 is 15.1 Å². The van der Waals surface area contributed by atoms with Gasteiger partial charge in [-0.05, 0) is 78.9 Å². The van der Waals surface area contributed by atoms with Crippen LogP contribution in [0.3, 0.4) is 0 Å². The predicted octanol–water partition coefficient (Wildman–Crippen LogP) is 2.46. The lowest BCUT2D eigenvalue weighted by atomic mass is 9.95. The summed E-state index contributed by atoms with van der Waals surface area (Å²) in [6.45, 7) is 7.28. The Balaban J connectivity index is 1.55. The summed E-state index contributed by atoms with van der Waals surface area (Å²) in [4.78, 5) is 5.43. The van der Waals surface area contributed by atoms with Gasteiger partial charge in [0.15, 0.2) is 0 Å². The number of hydrogen-bond donors (Lipinski definition) is 1. The molecule has 3 atom stereocenters. The van der Waals surface area contributed by atoms with Gasteiger partial charge in [-0.2, -0.15) is 0 Å². The first kappa shape index (κ1) is 14.8. The van der Waals surface area contributed by atoms with Crippen molar-refractivity contribution in [2.24, 2.45) is 0 Å². The molecule has 2 bridgehead atoms. The second-order valence-electron chi connectivity index (χ2n) is 7.64. The molecule has 3 saturated heterocycles. The first-order valence-corrected chi connectivity index (χ1v) is 8.85. The van der Waals surface area contributed by atoms with Crippen molar-refractivity contribution in [1.82, 2.24) is 15.1 Å². The van der Waals surface area contributed by atoms with E-state index in [-0.39, 0.29) is 0 Å². The maximum atomic E-state index is 3.78. The molecule has 0 saturated carbocycles. The fraction of sp³-hybridized carbons (Fsp3) is 1.00. The standard InChI is InChI=1S/C17H33N3/c1-13(2)20-9-4-5-16(8-10-20)19(3)17-11-14-6-7-15(12-17)18-14/h13-18H,4-12H2,1-3H3. The van der Waals surface area contributed by atoms with E-state index in [1.807, 2.05) is 0 Å². The van der Waals surface area contributed by atoms with E-state index in [9.17, 15) is 0 Å². The number of likely N-dealkylation sites (tertiary alicyclic amines) is 1. The highest BCUT2D eigenvalue weighted by Crippen LogP contribution is 2.31. The number of rotatable bonds is 3. The molecule has 0 amide bonds. The molecular formula is C17H33N3. The average molecular weight is 279 g/mol. The maximum absolute atomic E-state index is 3.78. The molecule has 3 nitrogen and oxygen atoms in total. The molecule has 3 rings (SSSR count). The van der Waals surface area contributed by atoms with Crippen LogP contribution in [0.5, 0.6) is 0 Å². The Bertz CT molecular complexity index is 305. The van der Waals surface area contributed by atoms with E-state index in [1.54, 1.807) is 0 Å². The molecule has 3 fully saturated rings. The summed E-state index contributed by atoms with van der Waals surface area (Å²) in [6, 6.07) is 4.01. The highest BCUT2D eigenvalue weighted by molar-refractivity contribution is 4.96. The monoisotopic (exact) mass is 279 g/mol. The summed E-state index contributed by atoms with van der Waals surface area (Å²) in [6.07, 6.45) is 9.76. The Morgan fingerprint density at radius 1 is 0.950 bits per heavy atom. The van der Waals surface area contributed by atoms with Crippen LogP contribution in [0.4, 0.5) is 0 Å². The van der Waals surface area contributed by atoms with Gasteiger partial charge in [0.05, 0.1) is 0 Å². The zero-order valence-corrected chi connectivity index (χ0v) is 13.6. The van der Waals surface area contributed by atoms with Gasteiger partial charge in [-0.1, -0.05) is 0 Å². The Hall–Kier alpha value is -0.120. The smallest absolute Gasteiger partial charge is 0.0125 e. The van der Waals surface area contributed by atoms with Gasteiger partial charge in [0, 0.05) is 30.2 Å². The summed E-state index contributed by atoms with van der Waals surface area (Å²) in [5, 5.41) is 3.78. The normalized spacial score (nSPS) is 39.5. The van der Waals surface area contributed by atoms with E-state index in [0.29, 0.717) is 6.04 Å². The van der Waals surface area contributed by atoms with Gasteiger partial charge in [-0.3, -0.25) is 0 Å². The van der Waals surface area contributed by atoms with Crippen LogP contribution in [0.2, 0.25) is 0 Å². The Kier molecular flexibility index (Phi) is 4.68.